The molecule has 0 radical (unpaired) electrons. The minimum Gasteiger partial charge on any atom is -0.492 e. The lowest BCUT2D eigenvalue weighted by molar-refractivity contribution is -0.136. The zero-order valence-corrected chi connectivity index (χ0v) is 18.5. The molecule has 2 N–H and O–H groups in total. The van der Waals surface area contributed by atoms with Gasteiger partial charge in [-0.05, 0) is 32.8 Å². The van der Waals surface area contributed by atoms with Gasteiger partial charge in [-0.15, -0.1) is 0 Å². The number of amides is 2. The van der Waals surface area contributed by atoms with Crippen LogP contribution in [0.15, 0.2) is 17.3 Å². The number of benzene rings is 1. The van der Waals surface area contributed by atoms with Crippen molar-refractivity contribution in [3.05, 3.63) is 32.9 Å². The van der Waals surface area contributed by atoms with Crippen LogP contribution < -0.4 is 20.1 Å². The maximum Gasteiger partial charge on any atom is 0.337 e. The standard InChI is InChI=1S/C20H26Cl2N2O5/c1-5-8-9-13-14(19(25)27-4)16(24-20(26)23-13)11-10-12(21)18(29-7-3)15(22)17(11)28-6-2/h10,16H,5-9H2,1-4H3,(H2,23,24,26). The van der Waals surface area contributed by atoms with Gasteiger partial charge in [-0.2, -0.15) is 0 Å². The van der Waals surface area contributed by atoms with E-state index < -0.39 is 18.0 Å². The van der Waals surface area contributed by atoms with Crippen LogP contribution in [-0.4, -0.2) is 32.3 Å². The number of methoxy groups -OCH3 is 1. The number of carbonyl (C=O) groups excluding carboxylic acids is 2. The first-order valence-corrected chi connectivity index (χ1v) is 10.3. The van der Waals surface area contributed by atoms with Gasteiger partial charge < -0.3 is 24.8 Å². The zero-order chi connectivity index (χ0) is 21.6. The number of halogens is 2. The molecular weight excluding hydrogens is 419 g/mol. The zero-order valence-electron chi connectivity index (χ0n) is 17.0. The predicted molar refractivity (Wildman–Crippen MR) is 112 cm³/mol. The molecule has 0 bridgehead atoms. The van der Waals surface area contributed by atoms with Gasteiger partial charge in [0.2, 0.25) is 0 Å². The second-order valence-electron chi connectivity index (χ2n) is 6.30. The molecule has 0 fully saturated rings. The van der Waals surface area contributed by atoms with Crippen molar-refractivity contribution in [3.8, 4) is 11.5 Å². The molecule has 9 heteroatoms. The van der Waals surface area contributed by atoms with Gasteiger partial charge in [-0.25, -0.2) is 9.59 Å². The van der Waals surface area contributed by atoms with E-state index in [2.05, 4.69) is 10.6 Å². The highest BCUT2D eigenvalue weighted by Crippen LogP contribution is 2.46. The number of urea groups is 1. The topological polar surface area (TPSA) is 85.9 Å². The van der Waals surface area contributed by atoms with Crippen LogP contribution in [-0.2, 0) is 9.53 Å². The fraction of sp³-hybridized carbons (Fsp3) is 0.500. The number of rotatable bonds is 9. The Kier molecular flexibility index (Phi) is 8.46. The van der Waals surface area contributed by atoms with Gasteiger partial charge >= 0.3 is 12.0 Å². The number of esters is 1. The molecule has 2 rings (SSSR count). The van der Waals surface area contributed by atoms with Crippen LogP contribution >= 0.6 is 23.2 Å². The number of unbranched alkanes of at least 4 members (excludes halogenated alkanes) is 1. The first-order chi connectivity index (χ1) is 13.9. The molecule has 1 heterocycles. The average molecular weight is 445 g/mol. The highest BCUT2D eigenvalue weighted by molar-refractivity contribution is 6.38. The van der Waals surface area contributed by atoms with E-state index in [0.717, 1.165) is 12.8 Å². The summed E-state index contributed by atoms with van der Waals surface area (Å²) in [6.07, 6.45) is 2.22. The van der Waals surface area contributed by atoms with E-state index in [-0.39, 0.29) is 21.4 Å². The molecule has 1 aromatic rings. The Hall–Kier alpha value is -2.12. The number of allylic oxidation sites excluding steroid dienone is 1. The molecule has 7 nitrogen and oxygen atoms in total. The first kappa shape index (κ1) is 23.2. The van der Waals surface area contributed by atoms with Crippen LogP contribution in [0.1, 0.15) is 51.6 Å². The van der Waals surface area contributed by atoms with Crippen molar-refractivity contribution in [2.24, 2.45) is 0 Å². The maximum atomic E-state index is 12.6. The fourth-order valence-electron chi connectivity index (χ4n) is 3.14. The lowest BCUT2D eigenvalue weighted by atomic mass is 9.92. The Morgan fingerprint density at radius 2 is 1.79 bits per heavy atom. The van der Waals surface area contributed by atoms with Gasteiger partial charge in [-0.3, -0.25) is 0 Å². The summed E-state index contributed by atoms with van der Waals surface area (Å²) in [5.74, 6) is 0.0285. The van der Waals surface area contributed by atoms with Crippen LogP contribution in [0.5, 0.6) is 11.5 Å². The largest absolute Gasteiger partial charge is 0.492 e. The third-order valence-electron chi connectivity index (χ3n) is 4.39. The highest BCUT2D eigenvalue weighted by Gasteiger charge is 2.36. The molecule has 2 amide bonds. The van der Waals surface area contributed by atoms with E-state index in [9.17, 15) is 9.59 Å². The monoisotopic (exact) mass is 444 g/mol. The molecule has 1 aromatic carbocycles. The predicted octanol–water partition coefficient (Wildman–Crippen LogP) is 4.76. The van der Waals surface area contributed by atoms with Gasteiger partial charge in [0, 0.05) is 11.3 Å². The second kappa shape index (κ2) is 10.6. The van der Waals surface area contributed by atoms with Gasteiger partial charge in [0.25, 0.3) is 0 Å². The number of ether oxygens (including phenoxy) is 3. The normalized spacial score (nSPS) is 16.2. The molecule has 29 heavy (non-hydrogen) atoms. The number of nitrogens with one attached hydrogen (secondary N) is 2. The van der Waals surface area contributed by atoms with Crippen molar-refractivity contribution >= 4 is 35.2 Å². The Balaban J connectivity index is 2.70. The summed E-state index contributed by atoms with van der Waals surface area (Å²) in [5.41, 5.74) is 1.25. The van der Waals surface area contributed by atoms with Gasteiger partial charge in [-0.1, -0.05) is 36.5 Å². The third kappa shape index (κ3) is 5.08. The number of hydrogen-bond donors (Lipinski definition) is 2. The van der Waals surface area contributed by atoms with Crippen LogP contribution in [0.25, 0.3) is 0 Å². The molecule has 1 aliphatic rings. The average Bonchev–Trinajstić information content (AvgIpc) is 2.70. The quantitative estimate of drug-likeness (QED) is 0.536. The molecule has 0 spiro atoms. The van der Waals surface area contributed by atoms with Crippen molar-refractivity contribution in [3.63, 3.8) is 0 Å². The smallest absolute Gasteiger partial charge is 0.337 e. The van der Waals surface area contributed by atoms with Crippen molar-refractivity contribution in [1.29, 1.82) is 0 Å². The Morgan fingerprint density at radius 1 is 1.14 bits per heavy atom. The fourth-order valence-corrected chi connectivity index (χ4v) is 3.77. The Labute approximate surface area is 180 Å². The molecule has 0 aliphatic carbocycles. The minimum absolute atomic E-state index is 0.184. The second-order valence-corrected chi connectivity index (χ2v) is 7.09. The van der Waals surface area contributed by atoms with Crippen LogP contribution in [0, 0.1) is 0 Å². The van der Waals surface area contributed by atoms with E-state index >= 15 is 0 Å². The Morgan fingerprint density at radius 3 is 2.38 bits per heavy atom. The summed E-state index contributed by atoms with van der Waals surface area (Å²) in [6, 6.07) is 0.327. The third-order valence-corrected chi connectivity index (χ3v) is 5.01. The van der Waals surface area contributed by atoms with E-state index in [4.69, 9.17) is 37.4 Å². The molecule has 0 saturated heterocycles. The first-order valence-electron chi connectivity index (χ1n) is 9.55. The highest BCUT2D eigenvalue weighted by atomic mass is 35.5. The molecule has 160 valence electrons. The lowest BCUT2D eigenvalue weighted by Gasteiger charge is -2.31. The van der Waals surface area contributed by atoms with Crippen LogP contribution in [0.2, 0.25) is 10.0 Å². The molecule has 0 saturated carbocycles. The lowest BCUT2D eigenvalue weighted by Crippen LogP contribution is -2.46. The minimum atomic E-state index is -0.838. The summed E-state index contributed by atoms with van der Waals surface area (Å²) in [6.45, 7) is 6.32. The van der Waals surface area contributed by atoms with Crippen molar-refractivity contribution in [2.45, 2.75) is 46.1 Å². The summed E-state index contributed by atoms with van der Waals surface area (Å²) in [4.78, 5) is 25.0. The van der Waals surface area contributed by atoms with Crippen molar-refractivity contribution in [2.75, 3.05) is 20.3 Å². The maximum absolute atomic E-state index is 12.6. The van der Waals surface area contributed by atoms with Crippen molar-refractivity contribution < 1.29 is 23.8 Å². The summed E-state index contributed by atoms with van der Waals surface area (Å²) < 4.78 is 16.3. The van der Waals surface area contributed by atoms with E-state index in [1.165, 1.54) is 7.11 Å². The molecule has 1 atom stereocenters. The van der Waals surface area contributed by atoms with E-state index in [1.54, 1.807) is 13.0 Å². The Bertz CT molecular complexity index is 811. The van der Waals surface area contributed by atoms with Crippen molar-refractivity contribution in [1.82, 2.24) is 10.6 Å². The van der Waals surface area contributed by atoms with Crippen LogP contribution in [0.4, 0.5) is 4.79 Å². The summed E-state index contributed by atoms with van der Waals surface area (Å²) in [7, 11) is 1.29. The molecule has 0 aromatic heterocycles. The molecule has 1 unspecified atom stereocenters. The van der Waals surface area contributed by atoms with Gasteiger partial charge in [0.05, 0.1) is 37.0 Å². The van der Waals surface area contributed by atoms with Gasteiger partial charge in [0.15, 0.2) is 5.75 Å². The number of hydrogen-bond acceptors (Lipinski definition) is 5. The SMILES string of the molecule is CCCCC1=C(C(=O)OC)C(c2cc(Cl)c(OCC)c(Cl)c2OCC)NC(=O)N1. The summed E-state index contributed by atoms with van der Waals surface area (Å²) >= 11 is 12.9. The van der Waals surface area contributed by atoms with E-state index in [0.29, 0.717) is 36.6 Å². The number of carbonyl (C=O) groups is 2. The summed E-state index contributed by atoms with van der Waals surface area (Å²) in [5, 5.41) is 5.92. The van der Waals surface area contributed by atoms with Gasteiger partial charge in [0.1, 0.15) is 10.8 Å². The molecular formula is C20H26Cl2N2O5. The van der Waals surface area contributed by atoms with Crippen LogP contribution in [0.3, 0.4) is 0 Å². The van der Waals surface area contributed by atoms with E-state index in [1.807, 2.05) is 13.8 Å². The molecule has 1 aliphatic heterocycles.